The normalized spacial score (nSPS) is 16.1. The lowest BCUT2D eigenvalue weighted by atomic mass is 9.92. The smallest absolute Gasteiger partial charge is 0.338 e. The van der Waals surface area contributed by atoms with Gasteiger partial charge in [-0.2, -0.15) is 0 Å². The highest BCUT2D eigenvalue weighted by Gasteiger charge is 2.35. The zero-order chi connectivity index (χ0) is 20.3. The van der Waals surface area contributed by atoms with E-state index in [0.717, 1.165) is 0 Å². The van der Waals surface area contributed by atoms with Crippen molar-refractivity contribution in [1.82, 2.24) is 10.6 Å². The maximum absolute atomic E-state index is 12.6. The van der Waals surface area contributed by atoms with E-state index in [0.29, 0.717) is 16.8 Å². The fourth-order valence-electron chi connectivity index (χ4n) is 3.06. The monoisotopic (exact) mass is 384 g/mol. The first kappa shape index (κ1) is 19.1. The minimum absolute atomic E-state index is 0.146. The number of phenolic OH excluding ortho intramolecular Hbond substituents is 1. The highest BCUT2D eigenvalue weighted by atomic mass is 16.5. The molecular weight excluding hydrogens is 364 g/mol. The second-order valence-corrected chi connectivity index (χ2v) is 5.95. The molecule has 3 rings (SSSR count). The van der Waals surface area contributed by atoms with E-state index >= 15 is 0 Å². The molecule has 1 aliphatic heterocycles. The van der Waals surface area contributed by atoms with Crippen molar-refractivity contribution in [3.8, 4) is 17.2 Å². The highest BCUT2D eigenvalue weighted by Crippen LogP contribution is 2.41. The largest absolute Gasteiger partial charge is 0.502 e. The topological polar surface area (TPSA) is 106 Å². The van der Waals surface area contributed by atoms with Crippen LogP contribution in [0.1, 0.15) is 17.2 Å². The van der Waals surface area contributed by atoms with E-state index in [1.165, 1.54) is 33.5 Å². The van der Waals surface area contributed by atoms with Gasteiger partial charge >= 0.3 is 12.0 Å². The van der Waals surface area contributed by atoms with Gasteiger partial charge in [0.25, 0.3) is 0 Å². The van der Waals surface area contributed by atoms with Crippen molar-refractivity contribution >= 4 is 17.7 Å². The van der Waals surface area contributed by atoms with Crippen LogP contribution in [-0.4, -0.2) is 38.4 Å². The van der Waals surface area contributed by atoms with E-state index in [1.54, 1.807) is 24.3 Å². The number of aromatic hydroxyl groups is 1. The number of esters is 1. The number of carbonyl (C=O) groups excluding carboxylic acids is 2. The van der Waals surface area contributed by atoms with Crippen LogP contribution < -0.4 is 20.1 Å². The fraction of sp³-hybridized carbons (Fsp3) is 0.200. The van der Waals surface area contributed by atoms with Gasteiger partial charge in [-0.15, -0.1) is 0 Å². The third-order valence-corrected chi connectivity index (χ3v) is 4.38. The van der Waals surface area contributed by atoms with Gasteiger partial charge in [-0.3, -0.25) is 0 Å². The van der Waals surface area contributed by atoms with Gasteiger partial charge in [0.1, 0.15) is 0 Å². The fourth-order valence-corrected chi connectivity index (χ4v) is 3.06. The molecule has 0 saturated heterocycles. The van der Waals surface area contributed by atoms with Gasteiger partial charge in [0, 0.05) is 0 Å². The van der Waals surface area contributed by atoms with Crippen molar-refractivity contribution in [2.75, 3.05) is 21.3 Å². The zero-order valence-electron chi connectivity index (χ0n) is 15.6. The minimum Gasteiger partial charge on any atom is -0.502 e. The lowest BCUT2D eigenvalue weighted by Crippen LogP contribution is -2.45. The molecule has 2 aromatic rings. The Morgan fingerprint density at radius 3 is 2.18 bits per heavy atom. The SMILES string of the molecule is COC(=O)C1=C(c2ccccc2)NC(=O)NC1c1cc(OC)c(O)c(OC)c1. The Labute approximate surface area is 161 Å². The first-order chi connectivity index (χ1) is 13.5. The van der Waals surface area contributed by atoms with Crippen LogP contribution in [-0.2, 0) is 9.53 Å². The van der Waals surface area contributed by atoms with Crippen molar-refractivity contribution in [2.24, 2.45) is 0 Å². The number of benzene rings is 2. The molecular formula is C20H20N2O6. The predicted octanol–water partition coefficient (Wildman–Crippen LogP) is 2.35. The van der Waals surface area contributed by atoms with Crippen LogP contribution >= 0.6 is 0 Å². The van der Waals surface area contributed by atoms with Crippen molar-refractivity contribution in [2.45, 2.75) is 6.04 Å². The molecule has 1 unspecified atom stereocenters. The quantitative estimate of drug-likeness (QED) is 0.684. The molecule has 0 fully saturated rings. The van der Waals surface area contributed by atoms with E-state index in [-0.39, 0.29) is 22.8 Å². The molecule has 1 atom stereocenters. The average molecular weight is 384 g/mol. The third-order valence-electron chi connectivity index (χ3n) is 4.38. The van der Waals surface area contributed by atoms with Crippen LogP contribution in [0.25, 0.3) is 5.70 Å². The Bertz CT molecular complexity index is 914. The molecule has 0 saturated carbocycles. The van der Waals surface area contributed by atoms with E-state index in [9.17, 15) is 14.7 Å². The van der Waals surface area contributed by atoms with Gasteiger partial charge in [-0.1, -0.05) is 30.3 Å². The van der Waals surface area contributed by atoms with E-state index < -0.39 is 18.0 Å². The summed E-state index contributed by atoms with van der Waals surface area (Å²) in [4.78, 5) is 25.0. The van der Waals surface area contributed by atoms with Crippen LogP contribution in [0.4, 0.5) is 4.79 Å². The van der Waals surface area contributed by atoms with Gasteiger partial charge in [0.15, 0.2) is 11.5 Å². The van der Waals surface area contributed by atoms with E-state index in [4.69, 9.17) is 14.2 Å². The Balaban J connectivity index is 2.24. The van der Waals surface area contributed by atoms with Gasteiger partial charge in [-0.25, -0.2) is 9.59 Å². The Morgan fingerprint density at radius 1 is 1.04 bits per heavy atom. The molecule has 0 spiro atoms. The molecule has 2 aromatic carbocycles. The maximum Gasteiger partial charge on any atom is 0.338 e. The van der Waals surface area contributed by atoms with Gasteiger partial charge in [0.05, 0.1) is 38.6 Å². The second-order valence-electron chi connectivity index (χ2n) is 5.95. The summed E-state index contributed by atoms with van der Waals surface area (Å²) in [5.41, 5.74) is 1.69. The number of methoxy groups -OCH3 is 3. The molecule has 2 amide bonds. The summed E-state index contributed by atoms with van der Waals surface area (Å²) in [7, 11) is 4.06. The van der Waals surface area contributed by atoms with Crippen molar-refractivity contribution in [1.29, 1.82) is 0 Å². The number of hydrogen-bond acceptors (Lipinski definition) is 6. The van der Waals surface area contributed by atoms with Gasteiger partial charge in [-0.05, 0) is 23.3 Å². The highest BCUT2D eigenvalue weighted by molar-refractivity contribution is 6.04. The molecule has 28 heavy (non-hydrogen) atoms. The number of amides is 2. The molecule has 0 aliphatic carbocycles. The lowest BCUT2D eigenvalue weighted by molar-refractivity contribution is -0.136. The molecule has 0 aromatic heterocycles. The summed E-state index contributed by atoms with van der Waals surface area (Å²) < 4.78 is 15.3. The molecule has 8 heteroatoms. The molecule has 1 aliphatic rings. The second kappa shape index (κ2) is 7.91. The Hall–Kier alpha value is -3.68. The third kappa shape index (κ3) is 3.44. The molecule has 0 bridgehead atoms. The zero-order valence-corrected chi connectivity index (χ0v) is 15.6. The maximum atomic E-state index is 12.6. The predicted molar refractivity (Wildman–Crippen MR) is 101 cm³/mol. The first-order valence-corrected chi connectivity index (χ1v) is 8.40. The molecule has 1 heterocycles. The Kier molecular flexibility index (Phi) is 5.39. The van der Waals surface area contributed by atoms with E-state index in [2.05, 4.69) is 10.6 Å². The summed E-state index contributed by atoms with van der Waals surface area (Å²) in [5.74, 6) is -0.497. The van der Waals surface area contributed by atoms with Crippen molar-refractivity contribution < 1.29 is 28.9 Å². The summed E-state index contributed by atoms with van der Waals surface area (Å²) in [6, 6.07) is 10.7. The van der Waals surface area contributed by atoms with Gasteiger partial charge < -0.3 is 30.0 Å². The number of nitrogens with one attached hydrogen (secondary N) is 2. The standard InChI is InChI=1S/C20H20N2O6/c1-26-13-9-12(10-14(27-2)18(13)23)17-15(19(24)28-3)16(21-20(25)22-17)11-7-5-4-6-8-11/h4-10,17,23H,1-3H3,(H2,21,22,25). The number of hydrogen-bond donors (Lipinski definition) is 3. The van der Waals surface area contributed by atoms with Gasteiger partial charge in [0.2, 0.25) is 5.75 Å². The average Bonchev–Trinajstić information content (AvgIpc) is 2.73. The number of ether oxygens (including phenoxy) is 3. The number of rotatable bonds is 5. The van der Waals surface area contributed by atoms with Crippen molar-refractivity contribution in [3.05, 3.63) is 59.2 Å². The Morgan fingerprint density at radius 2 is 1.64 bits per heavy atom. The van der Waals surface area contributed by atoms with Crippen LogP contribution in [0.3, 0.4) is 0 Å². The van der Waals surface area contributed by atoms with Crippen LogP contribution in [0.15, 0.2) is 48.0 Å². The number of carbonyl (C=O) groups is 2. The van der Waals surface area contributed by atoms with Crippen molar-refractivity contribution in [3.63, 3.8) is 0 Å². The number of urea groups is 1. The molecule has 0 radical (unpaired) electrons. The summed E-state index contributed by atoms with van der Waals surface area (Å²) in [6.45, 7) is 0. The number of phenols is 1. The molecule has 146 valence electrons. The molecule has 3 N–H and O–H groups in total. The first-order valence-electron chi connectivity index (χ1n) is 8.40. The van der Waals surface area contributed by atoms with Crippen LogP contribution in [0.2, 0.25) is 0 Å². The lowest BCUT2D eigenvalue weighted by Gasteiger charge is -2.29. The summed E-state index contributed by atoms with van der Waals surface area (Å²) in [5, 5.41) is 15.6. The summed E-state index contributed by atoms with van der Waals surface area (Å²) >= 11 is 0. The minimum atomic E-state index is -0.847. The van der Waals surface area contributed by atoms with Crippen LogP contribution in [0, 0.1) is 0 Å². The van der Waals surface area contributed by atoms with E-state index in [1.807, 2.05) is 6.07 Å². The molecule has 8 nitrogen and oxygen atoms in total. The van der Waals surface area contributed by atoms with Crippen LogP contribution in [0.5, 0.6) is 17.2 Å². The summed E-state index contributed by atoms with van der Waals surface area (Å²) in [6.07, 6.45) is 0.